The lowest BCUT2D eigenvalue weighted by Gasteiger charge is -2.25. The van der Waals surface area contributed by atoms with Gasteiger partial charge in [-0.3, -0.25) is 9.89 Å². The van der Waals surface area contributed by atoms with Crippen LogP contribution in [0.2, 0.25) is 0 Å². The number of carbonyl (C=O) groups is 2. The van der Waals surface area contributed by atoms with Crippen molar-refractivity contribution in [2.75, 3.05) is 26.7 Å². The number of hydrogen-bond acceptors (Lipinski definition) is 5. The second-order valence-electron chi connectivity index (χ2n) is 6.73. The summed E-state index contributed by atoms with van der Waals surface area (Å²) in [6.45, 7) is 1.83. The predicted octanol–water partition coefficient (Wildman–Crippen LogP) is 2.59. The number of likely N-dealkylation sites (tertiary alicyclic amines) is 1. The van der Waals surface area contributed by atoms with Gasteiger partial charge in [0.2, 0.25) is 0 Å². The summed E-state index contributed by atoms with van der Waals surface area (Å²) in [5.74, 6) is -0.0521. The molecule has 2 amide bonds. The molecule has 2 saturated heterocycles. The molecule has 2 aromatic heterocycles. The lowest BCUT2D eigenvalue weighted by atomic mass is 9.95. The van der Waals surface area contributed by atoms with Crippen LogP contribution in [0, 0.1) is 0 Å². The number of nitrogens with zero attached hydrogens (tertiary/aromatic N) is 3. The van der Waals surface area contributed by atoms with E-state index in [1.165, 1.54) is 0 Å². The number of ether oxygens (including phenoxy) is 1. The Morgan fingerprint density at radius 3 is 3.00 bits per heavy atom. The SMILES string of the molecule is CN1C[C@]2(CCCN(C(=O)c3cc(-c4ccsc4)n[nH]3)CC2)OC1=O. The summed E-state index contributed by atoms with van der Waals surface area (Å²) < 4.78 is 5.60. The Hall–Kier alpha value is -2.35. The molecule has 2 aliphatic rings. The Balaban J connectivity index is 1.46. The number of likely N-dealkylation sites (N-methyl/N-ethyl adjacent to an activating group) is 1. The van der Waals surface area contributed by atoms with Crippen molar-refractivity contribution in [2.24, 2.45) is 0 Å². The van der Waals surface area contributed by atoms with Gasteiger partial charge in [0.15, 0.2) is 0 Å². The Kier molecular flexibility index (Phi) is 3.99. The van der Waals surface area contributed by atoms with Crippen molar-refractivity contribution in [3.05, 3.63) is 28.6 Å². The van der Waals surface area contributed by atoms with Gasteiger partial charge in [0.1, 0.15) is 11.3 Å². The van der Waals surface area contributed by atoms with Crippen LogP contribution >= 0.6 is 11.3 Å². The molecule has 0 aromatic carbocycles. The zero-order chi connectivity index (χ0) is 17.4. The topological polar surface area (TPSA) is 78.5 Å². The first-order valence-electron chi connectivity index (χ1n) is 8.38. The maximum absolute atomic E-state index is 12.8. The van der Waals surface area contributed by atoms with E-state index in [9.17, 15) is 9.59 Å². The van der Waals surface area contributed by atoms with Gasteiger partial charge in [-0.25, -0.2) is 4.79 Å². The Morgan fingerprint density at radius 2 is 2.28 bits per heavy atom. The number of rotatable bonds is 2. The molecule has 0 radical (unpaired) electrons. The molecular weight excluding hydrogens is 340 g/mol. The van der Waals surface area contributed by atoms with Gasteiger partial charge in [-0.15, -0.1) is 0 Å². The average molecular weight is 360 g/mol. The third-order valence-electron chi connectivity index (χ3n) is 4.95. The highest BCUT2D eigenvalue weighted by Crippen LogP contribution is 2.33. The van der Waals surface area contributed by atoms with Gasteiger partial charge in [0.25, 0.3) is 5.91 Å². The predicted molar refractivity (Wildman–Crippen MR) is 93.5 cm³/mol. The van der Waals surface area contributed by atoms with Crippen molar-refractivity contribution < 1.29 is 14.3 Å². The normalized spacial score (nSPS) is 23.8. The second kappa shape index (κ2) is 6.18. The molecule has 2 fully saturated rings. The third-order valence-corrected chi connectivity index (χ3v) is 5.63. The highest BCUT2D eigenvalue weighted by atomic mass is 32.1. The van der Waals surface area contributed by atoms with Crippen LogP contribution in [-0.4, -0.2) is 64.3 Å². The summed E-state index contributed by atoms with van der Waals surface area (Å²) >= 11 is 1.60. The number of nitrogens with one attached hydrogen (secondary N) is 1. The monoisotopic (exact) mass is 360 g/mol. The number of aromatic nitrogens is 2. The van der Waals surface area contributed by atoms with E-state index in [4.69, 9.17) is 4.74 Å². The van der Waals surface area contributed by atoms with Gasteiger partial charge in [-0.2, -0.15) is 16.4 Å². The summed E-state index contributed by atoms with van der Waals surface area (Å²) in [4.78, 5) is 28.0. The van der Waals surface area contributed by atoms with Gasteiger partial charge < -0.3 is 14.5 Å². The molecule has 2 aliphatic heterocycles. The van der Waals surface area contributed by atoms with E-state index in [1.54, 1.807) is 29.4 Å². The average Bonchev–Trinajstić information content (AvgIpc) is 3.29. The number of carbonyl (C=O) groups excluding carboxylic acids is 2. The number of H-pyrrole nitrogens is 1. The van der Waals surface area contributed by atoms with Crippen molar-refractivity contribution in [1.82, 2.24) is 20.0 Å². The molecular formula is C17H20N4O3S. The summed E-state index contributed by atoms with van der Waals surface area (Å²) in [7, 11) is 1.75. The molecule has 0 unspecified atom stereocenters. The minimum Gasteiger partial charge on any atom is -0.441 e. The maximum Gasteiger partial charge on any atom is 0.410 e. The first-order chi connectivity index (χ1) is 12.1. The van der Waals surface area contributed by atoms with Crippen molar-refractivity contribution in [3.63, 3.8) is 0 Å². The van der Waals surface area contributed by atoms with Crippen molar-refractivity contribution in [3.8, 4) is 11.3 Å². The van der Waals surface area contributed by atoms with Gasteiger partial charge >= 0.3 is 6.09 Å². The first kappa shape index (κ1) is 16.1. The van der Waals surface area contributed by atoms with Gasteiger partial charge in [0, 0.05) is 37.5 Å². The van der Waals surface area contributed by atoms with Gasteiger partial charge in [-0.1, -0.05) is 0 Å². The van der Waals surface area contributed by atoms with Gasteiger partial charge in [0.05, 0.1) is 12.2 Å². The number of amides is 2. The molecule has 1 N–H and O–H groups in total. The van der Waals surface area contributed by atoms with E-state index in [1.807, 2.05) is 21.7 Å². The van der Waals surface area contributed by atoms with Crippen molar-refractivity contribution >= 4 is 23.3 Å². The Bertz CT molecular complexity index is 788. The van der Waals surface area contributed by atoms with Crippen LogP contribution in [0.25, 0.3) is 11.3 Å². The number of aromatic amines is 1. The van der Waals surface area contributed by atoms with Gasteiger partial charge in [-0.05, 0) is 30.4 Å². The lowest BCUT2D eigenvalue weighted by Crippen LogP contribution is -2.37. The van der Waals surface area contributed by atoms with Crippen LogP contribution in [0.1, 0.15) is 29.8 Å². The standard InChI is InChI=1S/C17H20N4O3S/c1-20-11-17(24-16(20)23)4-2-6-21(7-5-17)15(22)14-9-13(18-19-14)12-3-8-25-10-12/h3,8-10H,2,4-7,11H2,1H3,(H,18,19)/t17-/m1/s1. The van der Waals surface area contributed by atoms with E-state index >= 15 is 0 Å². The molecule has 0 saturated carbocycles. The third kappa shape index (κ3) is 3.02. The smallest absolute Gasteiger partial charge is 0.410 e. The minimum atomic E-state index is -0.448. The first-order valence-corrected chi connectivity index (χ1v) is 9.32. The van der Waals surface area contributed by atoms with Crippen LogP contribution in [-0.2, 0) is 4.74 Å². The van der Waals surface area contributed by atoms with Crippen LogP contribution in [0.3, 0.4) is 0 Å². The molecule has 7 nitrogen and oxygen atoms in total. The Labute approximate surface area is 149 Å². The maximum atomic E-state index is 12.8. The minimum absolute atomic E-state index is 0.0521. The fourth-order valence-electron chi connectivity index (χ4n) is 3.58. The zero-order valence-electron chi connectivity index (χ0n) is 14.0. The molecule has 0 aliphatic carbocycles. The second-order valence-corrected chi connectivity index (χ2v) is 7.51. The quantitative estimate of drug-likeness (QED) is 0.893. The molecule has 132 valence electrons. The van der Waals surface area contributed by atoms with E-state index in [-0.39, 0.29) is 12.0 Å². The summed E-state index contributed by atoms with van der Waals surface area (Å²) in [6.07, 6.45) is 2.00. The fourth-order valence-corrected chi connectivity index (χ4v) is 4.23. The summed E-state index contributed by atoms with van der Waals surface area (Å²) in [5.41, 5.74) is 1.84. The summed E-state index contributed by atoms with van der Waals surface area (Å²) in [6, 6.07) is 3.78. The zero-order valence-corrected chi connectivity index (χ0v) is 14.8. The largest absolute Gasteiger partial charge is 0.441 e. The van der Waals surface area contributed by atoms with Crippen molar-refractivity contribution in [1.29, 1.82) is 0 Å². The molecule has 25 heavy (non-hydrogen) atoms. The molecule has 4 rings (SSSR count). The van der Waals surface area contributed by atoms with E-state index in [2.05, 4.69) is 10.2 Å². The van der Waals surface area contributed by atoms with Crippen LogP contribution < -0.4 is 0 Å². The lowest BCUT2D eigenvalue weighted by molar-refractivity contribution is 0.0438. The van der Waals surface area contributed by atoms with Crippen LogP contribution in [0.15, 0.2) is 22.9 Å². The fraction of sp³-hybridized carbons (Fsp3) is 0.471. The highest BCUT2D eigenvalue weighted by molar-refractivity contribution is 7.08. The molecule has 0 bridgehead atoms. The van der Waals surface area contributed by atoms with Crippen LogP contribution in [0.5, 0.6) is 0 Å². The molecule has 2 aromatic rings. The van der Waals surface area contributed by atoms with Crippen LogP contribution in [0.4, 0.5) is 4.79 Å². The van der Waals surface area contributed by atoms with Crippen molar-refractivity contribution in [2.45, 2.75) is 24.9 Å². The highest BCUT2D eigenvalue weighted by Gasteiger charge is 2.44. The van der Waals surface area contributed by atoms with E-state index < -0.39 is 5.60 Å². The summed E-state index contributed by atoms with van der Waals surface area (Å²) in [5, 5.41) is 11.1. The molecule has 1 atom stereocenters. The molecule has 8 heteroatoms. The Morgan fingerprint density at radius 1 is 1.40 bits per heavy atom. The molecule has 4 heterocycles. The number of hydrogen-bond donors (Lipinski definition) is 1. The molecule has 1 spiro atoms. The number of thiophene rings is 1. The van der Waals surface area contributed by atoms with E-state index in [0.29, 0.717) is 31.7 Å². The van der Waals surface area contributed by atoms with E-state index in [0.717, 1.165) is 24.1 Å².